The first kappa shape index (κ1) is 29.2. The first-order chi connectivity index (χ1) is 15.8. The van der Waals surface area contributed by atoms with Crippen LogP contribution in [-0.2, 0) is 33.4 Å². The number of hydrogen-bond acceptors (Lipinski definition) is 10. The number of ether oxygens (including phenoxy) is 2. The van der Waals surface area contributed by atoms with Crippen LogP contribution in [0.1, 0.15) is 33.6 Å². The monoisotopic (exact) mass is 492 g/mol. The standard InChI is InChI=1S/C19H32N4O11/c1-7(16(28)23-10(18(30)31)4-5-12(20)26)21-17(29)8(2)33-15-13(22-9(3)25)19(32)34-11(6-24)14(15)27/h7-8,10-11,13-15,19,24,27,32H,4-6H2,1-3H3,(H2,20,26)(H,21,29)(H,22,25)(H,23,28)(H,30,31)/t7-,8+,10+,11+,13+,14+,15+,19?/m0/s1. The number of nitrogens with two attached hydrogens (primary N) is 1. The molecule has 0 aromatic heterocycles. The molecular formula is C19H32N4O11. The number of carboxylic acid groups (broad SMARTS) is 1. The Hall–Kier alpha value is -2.85. The Morgan fingerprint density at radius 2 is 1.71 bits per heavy atom. The van der Waals surface area contributed by atoms with E-state index in [4.69, 9.17) is 20.3 Å². The van der Waals surface area contributed by atoms with Gasteiger partial charge in [0, 0.05) is 13.3 Å². The maximum atomic E-state index is 12.5. The quantitative estimate of drug-likeness (QED) is 0.129. The summed E-state index contributed by atoms with van der Waals surface area (Å²) in [6.07, 6.45) is -7.62. The summed E-state index contributed by atoms with van der Waals surface area (Å²) in [4.78, 5) is 58.4. The number of amides is 4. The average Bonchev–Trinajstić information content (AvgIpc) is 2.74. The molecule has 8 atom stereocenters. The van der Waals surface area contributed by atoms with Crippen molar-refractivity contribution >= 4 is 29.6 Å². The number of carboxylic acids is 1. The van der Waals surface area contributed by atoms with Crippen LogP contribution in [0.5, 0.6) is 0 Å². The van der Waals surface area contributed by atoms with Gasteiger partial charge in [-0.25, -0.2) is 4.79 Å². The van der Waals surface area contributed by atoms with Crippen LogP contribution in [0.2, 0.25) is 0 Å². The largest absolute Gasteiger partial charge is 0.480 e. The number of carbonyl (C=O) groups is 5. The van der Waals surface area contributed by atoms with Crippen LogP contribution in [0.4, 0.5) is 0 Å². The molecule has 0 bridgehead atoms. The fraction of sp³-hybridized carbons (Fsp3) is 0.737. The average molecular weight is 492 g/mol. The van der Waals surface area contributed by atoms with E-state index in [-0.39, 0.29) is 12.8 Å². The van der Waals surface area contributed by atoms with Crippen LogP contribution < -0.4 is 21.7 Å². The van der Waals surface area contributed by atoms with E-state index in [2.05, 4.69) is 16.0 Å². The van der Waals surface area contributed by atoms with Crippen LogP contribution in [0.15, 0.2) is 0 Å². The Balaban J connectivity index is 2.80. The Morgan fingerprint density at radius 1 is 1.09 bits per heavy atom. The van der Waals surface area contributed by atoms with Crippen LogP contribution in [0.3, 0.4) is 0 Å². The Kier molecular flexibility index (Phi) is 11.3. The van der Waals surface area contributed by atoms with Crippen molar-refractivity contribution in [3.8, 4) is 0 Å². The molecule has 34 heavy (non-hydrogen) atoms. The van der Waals surface area contributed by atoms with Crippen LogP contribution in [-0.4, -0.2) is 105 Å². The van der Waals surface area contributed by atoms with Gasteiger partial charge in [0.1, 0.15) is 42.5 Å². The van der Waals surface area contributed by atoms with Crippen LogP contribution >= 0.6 is 0 Å². The number of carbonyl (C=O) groups excluding carboxylic acids is 4. The second-order valence-corrected chi connectivity index (χ2v) is 7.84. The molecular weight excluding hydrogens is 460 g/mol. The van der Waals surface area contributed by atoms with E-state index in [1.165, 1.54) is 13.8 Å². The van der Waals surface area contributed by atoms with E-state index < -0.39 is 85.0 Å². The van der Waals surface area contributed by atoms with Gasteiger partial charge >= 0.3 is 5.97 Å². The minimum absolute atomic E-state index is 0.239. The van der Waals surface area contributed by atoms with Crippen molar-refractivity contribution < 1.29 is 53.9 Å². The predicted octanol–water partition coefficient (Wildman–Crippen LogP) is -4.33. The summed E-state index contributed by atoms with van der Waals surface area (Å²) in [6.45, 7) is 3.03. The number of aliphatic hydroxyl groups is 3. The third kappa shape index (κ3) is 8.49. The number of aliphatic carboxylic acids is 1. The molecule has 1 aliphatic rings. The number of hydrogen-bond donors (Lipinski definition) is 8. The maximum Gasteiger partial charge on any atom is 0.326 e. The summed E-state index contributed by atoms with van der Waals surface area (Å²) >= 11 is 0. The lowest BCUT2D eigenvalue weighted by Crippen LogP contribution is -2.65. The van der Waals surface area contributed by atoms with Gasteiger partial charge in [-0.1, -0.05) is 0 Å². The van der Waals surface area contributed by atoms with Gasteiger partial charge in [0.05, 0.1) is 6.61 Å². The van der Waals surface area contributed by atoms with E-state index in [0.29, 0.717) is 0 Å². The molecule has 1 rings (SSSR count). The molecule has 1 aliphatic heterocycles. The Bertz CT molecular complexity index is 765. The molecule has 15 heteroatoms. The summed E-state index contributed by atoms with van der Waals surface area (Å²) in [7, 11) is 0. The highest BCUT2D eigenvalue weighted by Gasteiger charge is 2.47. The van der Waals surface area contributed by atoms with Crippen LogP contribution in [0.25, 0.3) is 0 Å². The van der Waals surface area contributed by atoms with Gasteiger partial charge in [0.25, 0.3) is 0 Å². The molecule has 194 valence electrons. The number of nitrogens with one attached hydrogen (secondary N) is 3. The SMILES string of the molecule is CC(=O)N[C@H]1C(O)O[C@H](CO)[C@@H](O)[C@@H]1O[C@H](C)C(=O)N[C@@H](C)C(=O)N[C@H](CCC(N)=O)C(=O)O. The normalized spacial score (nSPS) is 27.1. The van der Waals surface area contributed by atoms with Crippen molar-refractivity contribution in [2.24, 2.45) is 5.73 Å². The third-order valence-corrected chi connectivity index (χ3v) is 5.02. The van der Waals surface area contributed by atoms with E-state index in [0.717, 1.165) is 6.92 Å². The summed E-state index contributed by atoms with van der Waals surface area (Å²) < 4.78 is 10.6. The molecule has 1 fully saturated rings. The minimum atomic E-state index is -1.65. The molecule has 0 aromatic carbocycles. The predicted molar refractivity (Wildman–Crippen MR) is 112 cm³/mol. The van der Waals surface area contributed by atoms with Crippen molar-refractivity contribution in [3.05, 3.63) is 0 Å². The molecule has 0 spiro atoms. The lowest BCUT2D eigenvalue weighted by molar-refractivity contribution is -0.266. The van der Waals surface area contributed by atoms with Gasteiger partial charge in [-0.15, -0.1) is 0 Å². The van der Waals surface area contributed by atoms with E-state index >= 15 is 0 Å². The molecule has 4 amide bonds. The highest BCUT2D eigenvalue weighted by Crippen LogP contribution is 2.23. The van der Waals surface area contributed by atoms with Gasteiger partial charge in [0.2, 0.25) is 23.6 Å². The third-order valence-electron chi connectivity index (χ3n) is 5.02. The van der Waals surface area contributed by atoms with Crippen LogP contribution in [0, 0.1) is 0 Å². The summed E-state index contributed by atoms with van der Waals surface area (Å²) in [5.74, 6) is -4.39. The lowest BCUT2D eigenvalue weighted by atomic mass is 9.96. The smallest absolute Gasteiger partial charge is 0.326 e. The zero-order chi connectivity index (χ0) is 26.2. The van der Waals surface area contributed by atoms with E-state index in [1.54, 1.807) is 0 Å². The first-order valence-corrected chi connectivity index (χ1v) is 10.4. The first-order valence-electron chi connectivity index (χ1n) is 10.4. The van der Waals surface area contributed by atoms with Crippen molar-refractivity contribution in [2.75, 3.05) is 6.61 Å². The molecule has 15 nitrogen and oxygen atoms in total. The topological polar surface area (TPSA) is 247 Å². The van der Waals surface area contributed by atoms with Crippen molar-refractivity contribution in [1.29, 1.82) is 0 Å². The second kappa shape index (κ2) is 13.1. The summed E-state index contributed by atoms with van der Waals surface area (Å²) in [5.41, 5.74) is 4.99. The molecule has 0 aromatic rings. The fourth-order valence-electron chi connectivity index (χ4n) is 3.17. The highest BCUT2D eigenvalue weighted by molar-refractivity contribution is 5.91. The van der Waals surface area contributed by atoms with E-state index in [1.807, 2.05) is 0 Å². The molecule has 1 heterocycles. The van der Waals surface area contributed by atoms with Crippen molar-refractivity contribution in [1.82, 2.24) is 16.0 Å². The zero-order valence-electron chi connectivity index (χ0n) is 19.0. The minimum Gasteiger partial charge on any atom is -0.480 e. The van der Waals surface area contributed by atoms with Crippen molar-refractivity contribution in [2.45, 2.75) is 82.4 Å². The zero-order valence-corrected chi connectivity index (χ0v) is 19.0. The molecule has 1 unspecified atom stereocenters. The Labute approximate surface area is 195 Å². The highest BCUT2D eigenvalue weighted by atomic mass is 16.6. The number of primary amides is 1. The van der Waals surface area contributed by atoms with Gasteiger partial charge in [-0.05, 0) is 20.3 Å². The molecule has 0 aliphatic carbocycles. The van der Waals surface area contributed by atoms with Gasteiger partial charge in [0.15, 0.2) is 6.29 Å². The number of rotatable bonds is 12. The van der Waals surface area contributed by atoms with Gasteiger partial charge in [-0.3, -0.25) is 19.2 Å². The maximum absolute atomic E-state index is 12.5. The van der Waals surface area contributed by atoms with Gasteiger partial charge < -0.3 is 51.6 Å². The fourth-order valence-corrected chi connectivity index (χ4v) is 3.17. The lowest BCUT2D eigenvalue weighted by Gasteiger charge is -2.43. The summed E-state index contributed by atoms with van der Waals surface area (Å²) in [6, 6.07) is -3.89. The second-order valence-electron chi connectivity index (χ2n) is 7.84. The van der Waals surface area contributed by atoms with Crippen molar-refractivity contribution in [3.63, 3.8) is 0 Å². The summed E-state index contributed by atoms with van der Waals surface area (Å²) in [5, 5.41) is 45.9. The van der Waals surface area contributed by atoms with Gasteiger partial charge in [-0.2, -0.15) is 0 Å². The number of aliphatic hydroxyl groups excluding tert-OH is 3. The molecule has 0 saturated carbocycles. The molecule has 1 saturated heterocycles. The Morgan fingerprint density at radius 3 is 2.21 bits per heavy atom. The molecule has 0 radical (unpaired) electrons. The molecule has 9 N–H and O–H groups in total. The van der Waals surface area contributed by atoms with E-state index in [9.17, 15) is 39.3 Å².